The second-order valence-electron chi connectivity index (χ2n) is 1.35. The Hall–Kier alpha value is 0.210. The molecule has 0 amide bonds. The fourth-order valence-corrected chi connectivity index (χ4v) is 0. The third-order valence-corrected chi connectivity index (χ3v) is 0.593. The number of rotatable bonds is 0. The molecule has 0 saturated heterocycles. The molecule has 0 aliphatic heterocycles. The quantitative estimate of drug-likeness (QED) is 0.220. The highest BCUT2D eigenvalue weighted by atomic mass is 31.2. The summed E-state index contributed by atoms with van der Waals surface area (Å²) in [5, 5.41) is 15.0. The fourth-order valence-electron chi connectivity index (χ4n) is 0. The van der Waals surface area contributed by atoms with Gasteiger partial charge in [-0.15, -0.1) is 0 Å². The predicted molar refractivity (Wildman–Crippen MR) is 48.5 cm³/mol. The van der Waals surface area contributed by atoms with Crippen LogP contribution < -0.4 is 9.79 Å². The Balaban J connectivity index is -0.000000144. The van der Waals surface area contributed by atoms with Crippen molar-refractivity contribution in [3.8, 4) is 0 Å². The van der Waals surface area contributed by atoms with Crippen LogP contribution in [0.25, 0.3) is 0 Å². The van der Waals surface area contributed by atoms with Gasteiger partial charge in [0.05, 0.1) is 0 Å². The average molecular weight is 286 g/mol. The van der Waals surface area contributed by atoms with Gasteiger partial charge in [-0.2, -0.15) is 9.79 Å². The largest absolute Gasteiger partial charge is 0.602 e. The first-order chi connectivity index (χ1) is 6.54. The van der Waals surface area contributed by atoms with Crippen LogP contribution in [0.4, 0.5) is 0 Å². The highest BCUT2D eigenvalue weighted by Gasteiger charge is 2.00. The molecule has 92 valence electrons. The summed E-state index contributed by atoms with van der Waals surface area (Å²) in [6, 6.07) is 0. The second-order valence-corrected chi connectivity index (χ2v) is 4.05. The van der Waals surface area contributed by atoms with E-state index in [0.29, 0.717) is 0 Å². The van der Waals surface area contributed by atoms with Crippen molar-refractivity contribution in [3.05, 3.63) is 0 Å². The topological polar surface area (TPSA) is 205 Å². The Bertz CT molecular complexity index is 207. The Kier molecular flexibility index (Phi) is 16.9. The molecule has 0 aromatic rings. The van der Waals surface area contributed by atoms with Crippen molar-refractivity contribution < 1.29 is 49.0 Å². The number of phosphoric acid groups is 1. The lowest BCUT2D eigenvalue weighted by Crippen LogP contribution is -1.85. The third kappa shape index (κ3) is 120. The summed E-state index contributed by atoms with van der Waals surface area (Å²) >= 11 is 0. The second kappa shape index (κ2) is 12.3. The minimum Gasteiger partial charge on any atom is -0.602 e. The average Bonchev–Trinajstić information content (AvgIpc) is 2.02. The molecule has 15 heavy (non-hydrogen) atoms. The molecular formula is C2H9O10P3. The summed E-state index contributed by atoms with van der Waals surface area (Å²) in [7, 11) is -9.47. The summed E-state index contributed by atoms with van der Waals surface area (Å²) < 4.78 is 8.88. The predicted octanol–water partition coefficient (Wildman–Crippen LogP) is -3.36. The molecule has 0 rings (SSSR count). The summed E-state index contributed by atoms with van der Waals surface area (Å²) in [6.07, 6.45) is 0. The molecule has 0 aromatic carbocycles. The number of hydrogen-bond acceptors (Lipinski definition) is 5. The van der Waals surface area contributed by atoms with Gasteiger partial charge in [-0.3, -0.25) is 0 Å². The Labute approximate surface area is 85.7 Å². The van der Waals surface area contributed by atoms with E-state index in [4.69, 9.17) is 39.2 Å². The molecular weight excluding hydrogens is 277 g/mol. The van der Waals surface area contributed by atoms with Gasteiger partial charge in [0, 0.05) is 0 Å². The van der Waals surface area contributed by atoms with Crippen LogP contribution in [-0.2, 0) is 4.57 Å². The van der Waals surface area contributed by atoms with Gasteiger partial charge in [-0.05, 0) is 0 Å². The molecule has 0 aliphatic carbocycles. The van der Waals surface area contributed by atoms with Crippen molar-refractivity contribution in [1.82, 2.24) is 0 Å². The standard InChI is InChI=1S/2CH3O3P.H3O4P/c2*2-1-5(3)4;1-5(2,3)4/h2*1-2H,(H,3,4);(H3,1,2,3,4). The van der Waals surface area contributed by atoms with Gasteiger partial charge in [0.2, 0.25) is 28.0 Å². The lowest BCUT2D eigenvalue weighted by molar-refractivity contribution is -0.168. The molecule has 10 nitrogen and oxygen atoms in total. The monoisotopic (exact) mass is 286 g/mol. The first kappa shape index (κ1) is 20.6. The van der Waals surface area contributed by atoms with Gasteiger partial charge in [0.25, 0.3) is 0 Å². The summed E-state index contributed by atoms with van der Waals surface area (Å²) in [5.74, 6) is 0.463. The van der Waals surface area contributed by atoms with E-state index in [1.807, 2.05) is 0 Å². The molecule has 2 unspecified atom stereocenters. The zero-order chi connectivity index (χ0) is 13.1. The maximum absolute atomic E-state index is 9.21. The van der Waals surface area contributed by atoms with E-state index < -0.39 is 23.8 Å². The summed E-state index contributed by atoms with van der Waals surface area (Å²) in [5.41, 5.74) is 0. The van der Waals surface area contributed by atoms with Gasteiger partial charge in [-0.25, -0.2) is 4.57 Å². The van der Waals surface area contributed by atoms with Crippen molar-refractivity contribution in [2.75, 3.05) is 0 Å². The lowest BCUT2D eigenvalue weighted by atomic mass is 11.7. The highest BCUT2D eigenvalue weighted by molar-refractivity contribution is 7.45. The number of hydrogen-bond donors (Lipinski definition) is 7. The van der Waals surface area contributed by atoms with Gasteiger partial charge >= 0.3 is 7.82 Å². The zero-order valence-electron chi connectivity index (χ0n) is 6.85. The van der Waals surface area contributed by atoms with E-state index in [1.165, 1.54) is 0 Å². The maximum atomic E-state index is 9.21. The smallest absolute Gasteiger partial charge is 0.466 e. The van der Waals surface area contributed by atoms with Crippen LogP contribution in [0.1, 0.15) is 0 Å². The summed E-state index contributed by atoms with van der Waals surface area (Å²) in [6.45, 7) is 0. The zero-order valence-corrected chi connectivity index (χ0v) is 9.53. The maximum Gasteiger partial charge on any atom is 0.466 e. The first-order valence-corrected chi connectivity index (χ1v) is 6.71. The van der Waals surface area contributed by atoms with Crippen LogP contribution in [-0.4, -0.2) is 46.6 Å². The van der Waals surface area contributed by atoms with Crippen molar-refractivity contribution in [1.29, 1.82) is 0 Å². The molecule has 0 aliphatic rings. The molecule has 0 aromatic heterocycles. The Morgan fingerprint density at radius 3 is 1.00 bits per heavy atom. The Morgan fingerprint density at radius 1 is 0.933 bits per heavy atom. The van der Waals surface area contributed by atoms with Crippen molar-refractivity contribution in [2.45, 2.75) is 0 Å². The van der Waals surface area contributed by atoms with Crippen molar-refractivity contribution in [3.63, 3.8) is 0 Å². The molecule has 0 radical (unpaired) electrons. The number of aliphatic hydroxyl groups is 2. The molecule has 13 heteroatoms. The van der Waals surface area contributed by atoms with Crippen molar-refractivity contribution >= 4 is 35.8 Å². The van der Waals surface area contributed by atoms with Crippen LogP contribution in [0.2, 0.25) is 0 Å². The molecule has 0 heterocycles. The van der Waals surface area contributed by atoms with Gasteiger partial charge in [0.1, 0.15) is 0 Å². The fraction of sp³-hybridized carbons (Fsp3) is 0. The van der Waals surface area contributed by atoms with E-state index in [9.17, 15) is 9.79 Å². The van der Waals surface area contributed by atoms with Crippen LogP contribution in [0.5, 0.6) is 0 Å². The van der Waals surface area contributed by atoms with Gasteiger partial charge in [0.15, 0.2) is 0 Å². The van der Waals surface area contributed by atoms with Crippen molar-refractivity contribution in [2.24, 2.45) is 0 Å². The molecule has 0 spiro atoms. The van der Waals surface area contributed by atoms with E-state index in [1.54, 1.807) is 0 Å². The van der Waals surface area contributed by atoms with Gasteiger partial charge < -0.3 is 34.7 Å². The van der Waals surface area contributed by atoms with Crippen LogP contribution in [0, 0.1) is 0 Å². The van der Waals surface area contributed by atoms with Crippen LogP contribution in [0.3, 0.4) is 0 Å². The van der Waals surface area contributed by atoms with Crippen LogP contribution in [0.15, 0.2) is 0 Å². The normalized spacial score (nSPS) is 12.1. The van der Waals surface area contributed by atoms with Gasteiger partial charge in [-0.1, -0.05) is 0 Å². The minimum atomic E-state index is -4.64. The number of aliphatic hydroxyl groups excluding tert-OH is 2. The molecule has 7 N–H and O–H groups in total. The first-order valence-electron chi connectivity index (χ1n) is 2.58. The minimum absolute atomic E-state index is 0.231. The SMILES string of the molecule is O=P(O)(O)O.[O-]/[P+](O)=C\O.[O-]/[P+](O)=C\O. The molecule has 0 saturated carbocycles. The van der Waals surface area contributed by atoms with E-state index in [2.05, 4.69) is 0 Å². The molecule has 0 fully saturated rings. The van der Waals surface area contributed by atoms with Crippen LogP contribution >= 0.6 is 23.8 Å². The van der Waals surface area contributed by atoms with E-state index in [0.717, 1.165) is 0 Å². The molecule has 2 atom stereocenters. The third-order valence-electron chi connectivity index (χ3n) is 0.198. The highest BCUT2D eigenvalue weighted by Crippen LogP contribution is 2.25. The van der Waals surface area contributed by atoms with E-state index >= 15 is 0 Å². The summed E-state index contributed by atoms with van der Waals surface area (Å²) in [4.78, 5) is 55.1. The lowest BCUT2D eigenvalue weighted by Gasteiger charge is -1.82. The molecule has 0 bridgehead atoms. The van der Waals surface area contributed by atoms with E-state index in [-0.39, 0.29) is 12.0 Å². The Morgan fingerprint density at radius 2 is 1.00 bits per heavy atom.